The van der Waals surface area contributed by atoms with Gasteiger partial charge in [-0.2, -0.15) is 0 Å². The summed E-state index contributed by atoms with van der Waals surface area (Å²) >= 11 is 0. The van der Waals surface area contributed by atoms with Gasteiger partial charge in [-0.15, -0.1) is 0 Å². The van der Waals surface area contributed by atoms with E-state index in [4.69, 9.17) is 5.73 Å². The molecule has 1 aromatic rings. The molecule has 0 spiro atoms. The average Bonchev–Trinajstić information content (AvgIpc) is 2.63. The van der Waals surface area contributed by atoms with Gasteiger partial charge >= 0.3 is 0 Å². The predicted octanol–water partition coefficient (Wildman–Crippen LogP) is 0.940. The van der Waals surface area contributed by atoms with E-state index < -0.39 is 0 Å². The quantitative estimate of drug-likeness (QED) is 0.454. The minimum atomic E-state index is 0.439. The molecule has 1 aliphatic heterocycles. The standard InChI is InChI=1S/C19H35N5/c1-21-19(17-7-3-2-4-8-17)9-13-24-14-12-23-18(16-24)15-22-11-6-5-10-20/h2-4,7-8,18-19,21-23H,5-6,9-16,20H2,1H3/t18-,19?/m1/s1. The maximum atomic E-state index is 5.53. The van der Waals surface area contributed by atoms with Crippen LogP contribution in [0, 0.1) is 0 Å². The van der Waals surface area contributed by atoms with Gasteiger partial charge in [0, 0.05) is 44.8 Å². The van der Waals surface area contributed by atoms with Gasteiger partial charge in [-0.3, -0.25) is 0 Å². The molecule has 5 N–H and O–H groups in total. The lowest BCUT2D eigenvalue weighted by Gasteiger charge is -2.34. The summed E-state index contributed by atoms with van der Waals surface area (Å²) in [6.07, 6.45) is 3.44. The number of nitrogens with two attached hydrogens (primary N) is 1. The number of rotatable bonds is 11. The van der Waals surface area contributed by atoms with Crippen molar-refractivity contribution in [1.82, 2.24) is 20.9 Å². The Balaban J connectivity index is 1.68. The number of benzene rings is 1. The second kappa shape index (κ2) is 11.6. The van der Waals surface area contributed by atoms with Crippen molar-refractivity contribution in [3.63, 3.8) is 0 Å². The van der Waals surface area contributed by atoms with Gasteiger partial charge in [0.2, 0.25) is 0 Å². The van der Waals surface area contributed by atoms with Crippen molar-refractivity contribution in [1.29, 1.82) is 0 Å². The molecule has 0 bridgehead atoms. The summed E-state index contributed by atoms with van der Waals surface area (Å²) in [5.74, 6) is 0. The molecule has 2 atom stereocenters. The molecular weight excluding hydrogens is 298 g/mol. The molecule has 1 aliphatic rings. The number of piperazine rings is 1. The van der Waals surface area contributed by atoms with Gasteiger partial charge in [-0.25, -0.2) is 0 Å². The molecule has 0 saturated carbocycles. The topological polar surface area (TPSA) is 65.3 Å². The molecule has 1 saturated heterocycles. The Bertz CT molecular complexity index is 425. The fraction of sp³-hybridized carbons (Fsp3) is 0.684. The third-order valence-corrected chi connectivity index (χ3v) is 4.82. The lowest BCUT2D eigenvalue weighted by atomic mass is 10.0. The Morgan fingerprint density at radius 2 is 2.12 bits per heavy atom. The van der Waals surface area contributed by atoms with E-state index in [0.29, 0.717) is 12.1 Å². The van der Waals surface area contributed by atoms with Crippen LogP contribution >= 0.6 is 0 Å². The first kappa shape index (κ1) is 19.3. The molecule has 5 nitrogen and oxygen atoms in total. The lowest BCUT2D eigenvalue weighted by molar-refractivity contribution is 0.189. The van der Waals surface area contributed by atoms with Crippen LogP contribution < -0.4 is 21.7 Å². The second-order valence-electron chi connectivity index (χ2n) is 6.69. The van der Waals surface area contributed by atoms with E-state index in [-0.39, 0.29) is 0 Å². The highest BCUT2D eigenvalue weighted by atomic mass is 15.2. The first-order valence-electron chi connectivity index (χ1n) is 9.42. The van der Waals surface area contributed by atoms with Crippen LogP contribution in [0.4, 0.5) is 0 Å². The smallest absolute Gasteiger partial charge is 0.0329 e. The molecule has 0 aliphatic carbocycles. The van der Waals surface area contributed by atoms with Crippen LogP contribution in [-0.2, 0) is 0 Å². The van der Waals surface area contributed by atoms with Crippen LogP contribution in [-0.4, -0.2) is 63.8 Å². The fourth-order valence-corrected chi connectivity index (χ4v) is 3.38. The zero-order valence-electron chi connectivity index (χ0n) is 15.1. The van der Waals surface area contributed by atoms with E-state index in [0.717, 1.165) is 58.7 Å². The maximum absolute atomic E-state index is 5.53. The molecule has 2 rings (SSSR count). The van der Waals surface area contributed by atoms with Gasteiger partial charge in [0.25, 0.3) is 0 Å². The highest BCUT2D eigenvalue weighted by Gasteiger charge is 2.19. The summed E-state index contributed by atoms with van der Waals surface area (Å²) in [4.78, 5) is 2.59. The molecule has 1 heterocycles. The van der Waals surface area contributed by atoms with Crippen molar-refractivity contribution in [2.45, 2.75) is 31.3 Å². The van der Waals surface area contributed by atoms with Crippen LogP contribution in [0.15, 0.2) is 30.3 Å². The number of nitrogens with one attached hydrogen (secondary N) is 3. The van der Waals surface area contributed by atoms with Crippen molar-refractivity contribution < 1.29 is 0 Å². The predicted molar refractivity (Wildman–Crippen MR) is 102 cm³/mol. The molecule has 0 aromatic heterocycles. The van der Waals surface area contributed by atoms with Crippen molar-refractivity contribution in [2.24, 2.45) is 5.73 Å². The van der Waals surface area contributed by atoms with E-state index in [9.17, 15) is 0 Å². The Labute approximate surface area is 147 Å². The number of hydrogen-bond donors (Lipinski definition) is 4. The van der Waals surface area contributed by atoms with E-state index in [1.54, 1.807) is 0 Å². The summed E-state index contributed by atoms with van der Waals surface area (Å²) in [7, 11) is 2.06. The number of hydrogen-bond acceptors (Lipinski definition) is 5. The summed E-state index contributed by atoms with van der Waals surface area (Å²) in [5.41, 5.74) is 6.91. The molecular formula is C19H35N5. The van der Waals surface area contributed by atoms with Gasteiger partial charge in [0.15, 0.2) is 0 Å². The van der Waals surface area contributed by atoms with Crippen molar-refractivity contribution in [2.75, 3.05) is 52.9 Å². The molecule has 136 valence electrons. The van der Waals surface area contributed by atoms with Gasteiger partial charge in [-0.05, 0) is 45.0 Å². The third-order valence-electron chi connectivity index (χ3n) is 4.82. The van der Waals surface area contributed by atoms with Crippen LogP contribution in [0.1, 0.15) is 30.9 Å². The molecule has 1 unspecified atom stereocenters. The van der Waals surface area contributed by atoms with Crippen LogP contribution in [0.3, 0.4) is 0 Å². The molecule has 0 amide bonds. The SMILES string of the molecule is CNC(CCN1CCN[C@H](CNCCCCN)C1)c1ccccc1. The maximum Gasteiger partial charge on any atom is 0.0329 e. The summed E-state index contributed by atoms with van der Waals surface area (Å²) in [6, 6.07) is 11.8. The third kappa shape index (κ3) is 6.87. The van der Waals surface area contributed by atoms with Crippen LogP contribution in [0.5, 0.6) is 0 Å². The Morgan fingerprint density at radius 3 is 2.88 bits per heavy atom. The Morgan fingerprint density at radius 1 is 1.29 bits per heavy atom. The summed E-state index contributed by atoms with van der Waals surface area (Å²) in [5, 5.41) is 10.6. The molecule has 0 radical (unpaired) electrons. The second-order valence-corrected chi connectivity index (χ2v) is 6.69. The number of unbranched alkanes of at least 4 members (excludes halogenated alkanes) is 1. The normalized spacial score (nSPS) is 20.2. The Kier molecular flexibility index (Phi) is 9.31. The molecule has 1 aromatic carbocycles. The largest absolute Gasteiger partial charge is 0.330 e. The molecule has 1 fully saturated rings. The molecule has 24 heavy (non-hydrogen) atoms. The first-order valence-corrected chi connectivity index (χ1v) is 9.42. The van der Waals surface area contributed by atoms with Crippen LogP contribution in [0.25, 0.3) is 0 Å². The zero-order chi connectivity index (χ0) is 17.0. The minimum Gasteiger partial charge on any atom is -0.330 e. The summed E-state index contributed by atoms with van der Waals surface area (Å²) in [6.45, 7) is 7.44. The van der Waals surface area contributed by atoms with E-state index in [1.165, 1.54) is 12.0 Å². The monoisotopic (exact) mass is 333 g/mol. The van der Waals surface area contributed by atoms with E-state index >= 15 is 0 Å². The Hall–Kier alpha value is -0.980. The van der Waals surface area contributed by atoms with Gasteiger partial charge in [0.1, 0.15) is 0 Å². The fourth-order valence-electron chi connectivity index (χ4n) is 3.38. The van der Waals surface area contributed by atoms with Crippen molar-refractivity contribution in [3.8, 4) is 0 Å². The van der Waals surface area contributed by atoms with Gasteiger partial charge in [0.05, 0.1) is 0 Å². The van der Waals surface area contributed by atoms with Gasteiger partial charge in [-0.1, -0.05) is 30.3 Å². The zero-order valence-corrected chi connectivity index (χ0v) is 15.1. The highest BCUT2D eigenvalue weighted by molar-refractivity contribution is 5.18. The minimum absolute atomic E-state index is 0.439. The molecule has 5 heteroatoms. The number of nitrogens with zero attached hydrogens (tertiary/aromatic N) is 1. The average molecular weight is 334 g/mol. The van der Waals surface area contributed by atoms with Crippen molar-refractivity contribution in [3.05, 3.63) is 35.9 Å². The summed E-state index contributed by atoms with van der Waals surface area (Å²) < 4.78 is 0. The van der Waals surface area contributed by atoms with E-state index in [1.807, 2.05) is 0 Å². The van der Waals surface area contributed by atoms with Gasteiger partial charge < -0.3 is 26.6 Å². The van der Waals surface area contributed by atoms with Crippen LogP contribution in [0.2, 0.25) is 0 Å². The highest BCUT2D eigenvalue weighted by Crippen LogP contribution is 2.16. The van der Waals surface area contributed by atoms with E-state index in [2.05, 4.69) is 58.2 Å². The van der Waals surface area contributed by atoms with Crippen molar-refractivity contribution >= 4 is 0 Å². The first-order chi connectivity index (χ1) is 11.8. The lowest BCUT2D eigenvalue weighted by Crippen LogP contribution is -2.54.